The van der Waals surface area contributed by atoms with Crippen molar-refractivity contribution < 1.29 is 17.9 Å². The lowest BCUT2D eigenvalue weighted by molar-refractivity contribution is -0.137. The van der Waals surface area contributed by atoms with Crippen molar-refractivity contribution in [3.63, 3.8) is 0 Å². The number of aryl methyl sites for hydroxylation is 1. The van der Waals surface area contributed by atoms with Crippen molar-refractivity contribution in [2.75, 3.05) is 19.6 Å². The van der Waals surface area contributed by atoms with Gasteiger partial charge in [-0.3, -0.25) is 0 Å². The highest BCUT2D eigenvalue weighted by atomic mass is 19.4. The van der Waals surface area contributed by atoms with Crippen LogP contribution in [0.2, 0.25) is 0 Å². The number of nitrogens with zero attached hydrogens (tertiary/aromatic N) is 3. The normalized spacial score (nSPS) is 12.2. The molecule has 198 valence electrons. The maximum absolute atomic E-state index is 13.4. The SMILES string of the molecule is CCCCN(CCCC)CCCn1c(COc2ccc3ccccc3c2)nc2cc(C(F)(F)F)ccc21. The number of alkyl halides is 3. The van der Waals surface area contributed by atoms with Crippen LogP contribution in [0.5, 0.6) is 5.75 Å². The van der Waals surface area contributed by atoms with E-state index in [4.69, 9.17) is 4.74 Å². The number of imidazole rings is 1. The molecule has 1 aromatic heterocycles. The van der Waals surface area contributed by atoms with Crippen molar-refractivity contribution in [2.45, 2.75) is 65.3 Å². The first-order chi connectivity index (χ1) is 17.9. The van der Waals surface area contributed by atoms with Crippen molar-refractivity contribution in [1.29, 1.82) is 0 Å². The summed E-state index contributed by atoms with van der Waals surface area (Å²) in [6, 6.07) is 17.8. The van der Waals surface area contributed by atoms with E-state index in [-0.39, 0.29) is 6.61 Å². The highest BCUT2D eigenvalue weighted by Gasteiger charge is 2.31. The zero-order chi connectivity index (χ0) is 26.3. The van der Waals surface area contributed by atoms with Gasteiger partial charge in [0.2, 0.25) is 0 Å². The first-order valence-electron chi connectivity index (χ1n) is 13.3. The Bertz CT molecular complexity index is 1290. The Morgan fingerprint density at radius 3 is 2.24 bits per heavy atom. The van der Waals surface area contributed by atoms with Gasteiger partial charge in [-0.25, -0.2) is 4.98 Å². The number of fused-ring (bicyclic) bond motifs is 2. The van der Waals surface area contributed by atoms with Gasteiger partial charge in [0.1, 0.15) is 18.2 Å². The number of benzene rings is 3. The lowest BCUT2D eigenvalue weighted by atomic mass is 10.1. The van der Waals surface area contributed by atoms with Gasteiger partial charge >= 0.3 is 6.18 Å². The fourth-order valence-corrected chi connectivity index (χ4v) is 4.67. The monoisotopic (exact) mass is 511 g/mol. The number of hydrogen-bond acceptors (Lipinski definition) is 3. The van der Waals surface area contributed by atoms with Gasteiger partial charge in [-0.15, -0.1) is 0 Å². The van der Waals surface area contributed by atoms with E-state index < -0.39 is 11.7 Å². The largest absolute Gasteiger partial charge is 0.486 e. The standard InChI is InChI=1S/C30H36F3N3O/c1-3-5-16-35(17-6-4-2)18-9-19-36-28-15-13-25(30(31,32)33)21-27(28)34-29(36)22-37-26-14-12-23-10-7-8-11-24(23)20-26/h7-8,10-15,20-21H,3-6,9,16-19,22H2,1-2H3. The molecule has 0 radical (unpaired) electrons. The topological polar surface area (TPSA) is 30.3 Å². The van der Waals surface area contributed by atoms with Crippen LogP contribution in [-0.4, -0.2) is 34.1 Å². The van der Waals surface area contributed by atoms with Gasteiger partial charge in [-0.2, -0.15) is 13.2 Å². The molecule has 4 aromatic rings. The summed E-state index contributed by atoms with van der Waals surface area (Å²) in [5.74, 6) is 1.34. The van der Waals surface area contributed by atoms with Crippen LogP contribution in [0.15, 0.2) is 60.7 Å². The predicted molar refractivity (Wildman–Crippen MR) is 144 cm³/mol. The zero-order valence-electron chi connectivity index (χ0n) is 21.7. The Kier molecular flexibility index (Phi) is 9.09. The van der Waals surface area contributed by atoms with E-state index in [2.05, 4.69) is 23.7 Å². The summed E-state index contributed by atoms with van der Waals surface area (Å²) in [4.78, 5) is 7.08. The number of ether oxygens (including phenoxy) is 1. The fourth-order valence-electron chi connectivity index (χ4n) is 4.67. The molecule has 0 aliphatic heterocycles. The van der Waals surface area contributed by atoms with Gasteiger partial charge in [0.05, 0.1) is 16.6 Å². The molecule has 37 heavy (non-hydrogen) atoms. The van der Waals surface area contributed by atoms with Gasteiger partial charge in [0.25, 0.3) is 0 Å². The Hall–Kier alpha value is -3.06. The van der Waals surface area contributed by atoms with Gasteiger partial charge in [0, 0.05) is 6.54 Å². The summed E-state index contributed by atoms with van der Waals surface area (Å²) >= 11 is 0. The summed E-state index contributed by atoms with van der Waals surface area (Å²) in [7, 11) is 0. The third-order valence-electron chi connectivity index (χ3n) is 6.76. The molecule has 0 bridgehead atoms. The summed E-state index contributed by atoms with van der Waals surface area (Å²) in [6.07, 6.45) is 1.15. The third-order valence-corrected chi connectivity index (χ3v) is 6.76. The maximum Gasteiger partial charge on any atom is 0.416 e. The predicted octanol–water partition coefficient (Wildman–Crippen LogP) is 8.08. The Labute approximate surface area is 217 Å². The van der Waals surface area contributed by atoms with E-state index in [1.165, 1.54) is 18.9 Å². The average molecular weight is 512 g/mol. The average Bonchev–Trinajstić information content (AvgIpc) is 3.24. The lowest BCUT2D eigenvalue weighted by Gasteiger charge is -2.22. The van der Waals surface area contributed by atoms with Crippen molar-refractivity contribution >= 4 is 21.8 Å². The summed E-state index contributed by atoms with van der Waals surface area (Å²) < 4.78 is 48.2. The Morgan fingerprint density at radius 1 is 0.838 bits per heavy atom. The molecule has 3 aromatic carbocycles. The molecule has 4 rings (SSSR count). The van der Waals surface area contributed by atoms with E-state index in [0.29, 0.717) is 29.2 Å². The molecule has 1 heterocycles. The second kappa shape index (κ2) is 12.5. The van der Waals surface area contributed by atoms with Crippen LogP contribution < -0.4 is 4.74 Å². The van der Waals surface area contributed by atoms with Gasteiger partial charge in [-0.1, -0.05) is 57.0 Å². The maximum atomic E-state index is 13.4. The number of hydrogen-bond donors (Lipinski definition) is 0. The Balaban J connectivity index is 1.55. The molecule has 4 nitrogen and oxygen atoms in total. The van der Waals surface area contributed by atoms with Crippen LogP contribution in [0.25, 0.3) is 21.8 Å². The highest BCUT2D eigenvalue weighted by molar-refractivity contribution is 5.83. The molecule has 0 saturated carbocycles. The molecule has 0 fully saturated rings. The molecule has 0 spiro atoms. The number of aromatic nitrogens is 2. The molecule has 0 N–H and O–H groups in total. The summed E-state index contributed by atoms with van der Waals surface area (Å²) in [5.41, 5.74) is 0.372. The van der Waals surface area contributed by atoms with Gasteiger partial charge in [0.15, 0.2) is 0 Å². The quantitative estimate of drug-likeness (QED) is 0.182. The number of halogens is 3. The van der Waals surface area contributed by atoms with Crippen LogP contribution in [0, 0.1) is 0 Å². The van der Waals surface area contributed by atoms with Gasteiger partial charge < -0.3 is 14.2 Å². The number of rotatable bonds is 13. The fraction of sp³-hybridized carbons (Fsp3) is 0.433. The Morgan fingerprint density at radius 2 is 1.54 bits per heavy atom. The van der Waals surface area contributed by atoms with E-state index in [1.54, 1.807) is 0 Å². The van der Waals surface area contributed by atoms with Crippen molar-refractivity contribution in [1.82, 2.24) is 14.5 Å². The van der Waals surface area contributed by atoms with E-state index in [9.17, 15) is 13.2 Å². The molecule has 0 aliphatic rings. The van der Waals surface area contributed by atoms with Crippen LogP contribution >= 0.6 is 0 Å². The lowest BCUT2D eigenvalue weighted by Crippen LogP contribution is -2.28. The van der Waals surface area contributed by atoms with Crippen LogP contribution in [0.3, 0.4) is 0 Å². The molecular formula is C30H36F3N3O. The van der Waals surface area contributed by atoms with E-state index in [1.807, 2.05) is 47.0 Å². The van der Waals surface area contributed by atoms with E-state index in [0.717, 1.165) is 61.8 Å². The van der Waals surface area contributed by atoms with E-state index >= 15 is 0 Å². The zero-order valence-corrected chi connectivity index (χ0v) is 21.7. The second-order valence-corrected chi connectivity index (χ2v) is 9.58. The molecule has 0 saturated heterocycles. The van der Waals surface area contributed by atoms with Crippen LogP contribution in [0.4, 0.5) is 13.2 Å². The van der Waals surface area contributed by atoms with Gasteiger partial charge in [-0.05, 0) is 80.0 Å². The first kappa shape index (κ1) is 27.0. The second-order valence-electron chi connectivity index (χ2n) is 9.58. The molecule has 0 aliphatic carbocycles. The molecular weight excluding hydrogens is 475 g/mol. The molecule has 0 unspecified atom stereocenters. The minimum atomic E-state index is -4.40. The first-order valence-corrected chi connectivity index (χ1v) is 13.3. The minimum Gasteiger partial charge on any atom is -0.486 e. The highest BCUT2D eigenvalue weighted by Crippen LogP contribution is 2.32. The molecule has 7 heteroatoms. The summed E-state index contributed by atoms with van der Waals surface area (Å²) in [6.45, 7) is 8.36. The summed E-state index contributed by atoms with van der Waals surface area (Å²) in [5, 5.41) is 2.19. The van der Waals surface area contributed by atoms with Crippen molar-refractivity contribution in [3.05, 3.63) is 72.1 Å². The third kappa shape index (κ3) is 7.04. The van der Waals surface area contributed by atoms with Crippen molar-refractivity contribution in [3.8, 4) is 5.75 Å². The smallest absolute Gasteiger partial charge is 0.416 e. The number of unbranched alkanes of at least 4 members (excludes halogenated alkanes) is 2. The minimum absolute atomic E-state index is 0.184. The van der Waals surface area contributed by atoms with Crippen LogP contribution in [-0.2, 0) is 19.3 Å². The molecule has 0 atom stereocenters. The van der Waals surface area contributed by atoms with Crippen LogP contribution in [0.1, 0.15) is 57.3 Å². The van der Waals surface area contributed by atoms with Crippen molar-refractivity contribution in [2.24, 2.45) is 0 Å². The molecule has 0 amide bonds.